The number of methoxy groups -OCH3 is 1. The van der Waals surface area contributed by atoms with E-state index in [-0.39, 0.29) is 0 Å². The average Bonchev–Trinajstić information content (AvgIpc) is 2.34. The molecule has 2 rings (SSSR count). The van der Waals surface area contributed by atoms with E-state index in [1.165, 1.54) is 24.6 Å². The van der Waals surface area contributed by atoms with Gasteiger partial charge in [0, 0.05) is 5.69 Å². The van der Waals surface area contributed by atoms with E-state index in [0.717, 1.165) is 5.69 Å². The summed E-state index contributed by atoms with van der Waals surface area (Å²) in [6.07, 6.45) is 1.40. The fourth-order valence-electron chi connectivity index (χ4n) is 1.58. The molecule has 1 aromatic carbocycles. The lowest BCUT2D eigenvalue weighted by molar-refractivity contribution is 0.413. The fourth-order valence-corrected chi connectivity index (χ4v) is 1.79. The van der Waals surface area contributed by atoms with Crippen molar-refractivity contribution < 1.29 is 4.74 Å². The standard InChI is InChI=1S/C13H14ClN3O/c1-8-4-5-10(6-9(8)2)17-13-11(18-3)12(14)15-7-16-13/h4-7H,1-3H3,(H,15,16,17). The molecule has 4 nitrogen and oxygen atoms in total. The number of nitrogens with one attached hydrogen (secondary N) is 1. The predicted molar refractivity (Wildman–Crippen MR) is 72.8 cm³/mol. The van der Waals surface area contributed by atoms with Crippen LogP contribution < -0.4 is 10.1 Å². The second-order valence-corrected chi connectivity index (χ2v) is 4.33. The molecule has 0 bridgehead atoms. The molecular weight excluding hydrogens is 250 g/mol. The highest BCUT2D eigenvalue weighted by Crippen LogP contribution is 2.30. The summed E-state index contributed by atoms with van der Waals surface area (Å²) in [6.45, 7) is 4.13. The molecule has 0 unspecified atom stereocenters. The van der Waals surface area contributed by atoms with Crippen LogP contribution in [0.1, 0.15) is 11.1 Å². The first-order chi connectivity index (χ1) is 8.61. The lowest BCUT2D eigenvalue weighted by Crippen LogP contribution is -1.99. The second-order valence-electron chi connectivity index (χ2n) is 3.97. The minimum absolute atomic E-state index is 0.291. The highest BCUT2D eigenvalue weighted by molar-refractivity contribution is 6.31. The van der Waals surface area contributed by atoms with Crippen molar-refractivity contribution in [3.05, 3.63) is 40.8 Å². The third kappa shape index (κ3) is 2.54. The predicted octanol–water partition coefficient (Wildman–Crippen LogP) is 3.50. The molecule has 0 atom stereocenters. The molecule has 2 aromatic rings. The summed E-state index contributed by atoms with van der Waals surface area (Å²) < 4.78 is 5.18. The smallest absolute Gasteiger partial charge is 0.199 e. The summed E-state index contributed by atoms with van der Waals surface area (Å²) in [7, 11) is 1.54. The fraction of sp³-hybridized carbons (Fsp3) is 0.231. The van der Waals surface area contributed by atoms with Gasteiger partial charge in [-0.1, -0.05) is 17.7 Å². The maximum Gasteiger partial charge on any atom is 0.199 e. The largest absolute Gasteiger partial charge is 0.490 e. The zero-order valence-corrected chi connectivity index (χ0v) is 11.2. The van der Waals surface area contributed by atoms with Crippen LogP contribution in [0.25, 0.3) is 0 Å². The minimum atomic E-state index is 0.291. The summed E-state index contributed by atoms with van der Waals surface area (Å²) >= 11 is 5.94. The van der Waals surface area contributed by atoms with Gasteiger partial charge in [-0.05, 0) is 37.1 Å². The molecule has 0 aliphatic heterocycles. The molecule has 0 saturated carbocycles. The van der Waals surface area contributed by atoms with E-state index in [1.54, 1.807) is 0 Å². The van der Waals surface area contributed by atoms with Crippen LogP contribution in [0.15, 0.2) is 24.5 Å². The topological polar surface area (TPSA) is 47.0 Å². The highest BCUT2D eigenvalue weighted by Gasteiger charge is 2.10. The lowest BCUT2D eigenvalue weighted by atomic mass is 10.1. The van der Waals surface area contributed by atoms with E-state index < -0.39 is 0 Å². The summed E-state index contributed by atoms with van der Waals surface area (Å²) in [5.74, 6) is 0.998. The average molecular weight is 264 g/mol. The van der Waals surface area contributed by atoms with Crippen LogP contribution in [0.4, 0.5) is 11.5 Å². The van der Waals surface area contributed by atoms with E-state index in [2.05, 4.69) is 29.1 Å². The highest BCUT2D eigenvalue weighted by atomic mass is 35.5. The van der Waals surface area contributed by atoms with E-state index in [0.29, 0.717) is 16.7 Å². The zero-order valence-electron chi connectivity index (χ0n) is 10.5. The van der Waals surface area contributed by atoms with Gasteiger partial charge in [-0.25, -0.2) is 9.97 Å². The Morgan fingerprint density at radius 2 is 1.94 bits per heavy atom. The molecule has 94 valence electrons. The number of aryl methyl sites for hydroxylation is 2. The van der Waals surface area contributed by atoms with E-state index in [9.17, 15) is 0 Å². The number of ether oxygens (including phenoxy) is 1. The number of aromatic nitrogens is 2. The number of anilines is 2. The maximum absolute atomic E-state index is 5.94. The van der Waals surface area contributed by atoms with E-state index in [4.69, 9.17) is 16.3 Å². The normalized spacial score (nSPS) is 10.2. The summed E-state index contributed by atoms with van der Waals surface area (Å²) in [5.41, 5.74) is 3.39. The van der Waals surface area contributed by atoms with Crippen LogP contribution in [0.5, 0.6) is 5.75 Å². The van der Waals surface area contributed by atoms with Gasteiger partial charge in [0.15, 0.2) is 16.7 Å². The lowest BCUT2D eigenvalue weighted by Gasteiger charge is -2.11. The van der Waals surface area contributed by atoms with Gasteiger partial charge >= 0.3 is 0 Å². The van der Waals surface area contributed by atoms with Gasteiger partial charge in [-0.2, -0.15) is 0 Å². The Hall–Kier alpha value is -1.81. The molecule has 5 heteroatoms. The minimum Gasteiger partial charge on any atom is -0.490 e. The number of rotatable bonds is 3. The Kier molecular flexibility index (Phi) is 3.67. The van der Waals surface area contributed by atoms with Crippen molar-refractivity contribution in [2.24, 2.45) is 0 Å². The first kappa shape index (κ1) is 12.6. The molecule has 1 N–H and O–H groups in total. The van der Waals surface area contributed by atoms with Crippen LogP contribution in [0.2, 0.25) is 5.15 Å². The molecule has 0 aliphatic carbocycles. The third-order valence-electron chi connectivity index (χ3n) is 2.73. The van der Waals surface area contributed by atoms with Crippen LogP contribution >= 0.6 is 11.6 Å². The Labute approximate surface area is 111 Å². The van der Waals surface area contributed by atoms with Crippen molar-refractivity contribution in [3.63, 3.8) is 0 Å². The molecule has 0 aliphatic rings. The van der Waals surface area contributed by atoms with Gasteiger partial charge in [0.05, 0.1) is 7.11 Å². The van der Waals surface area contributed by atoms with Gasteiger partial charge in [0.2, 0.25) is 0 Å². The van der Waals surface area contributed by atoms with Crippen LogP contribution in [-0.4, -0.2) is 17.1 Å². The molecule has 18 heavy (non-hydrogen) atoms. The van der Waals surface area contributed by atoms with Gasteiger partial charge in [0.25, 0.3) is 0 Å². The van der Waals surface area contributed by atoms with E-state index in [1.807, 2.05) is 18.2 Å². The van der Waals surface area contributed by atoms with Crippen molar-refractivity contribution in [1.82, 2.24) is 9.97 Å². The molecule has 0 saturated heterocycles. The van der Waals surface area contributed by atoms with Crippen molar-refractivity contribution in [2.45, 2.75) is 13.8 Å². The maximum atomic E-state index is 5.94. The Morgan fingerprint density at radius 1 is 1.17 bits per heavy atom. The number of benzene rings is 1. The van der Waals surface area contributed by atoms with Gasteiger partial charge < -0.3 is 10.1 Å². The first-order valence-corrected chi connectivity index (χ1v) is 5.88. The Bertz CT molecular complexity index is 572. The third-order valence-corrected chi connectivity index (χ3v) is 3.00. The second kappa shape index (κ2) is 5.23. The molecule has 1 heterocycles. The molecule has 0 radical (unpaired) electrons. The molecule has 0 spiro atoms. The number of hydrogen-bond acceptors (Lipinski definition) is 4. The van der Waals surface area contributed by atoms with E-state index >= 15 is 0 Å². The van der Waals surface area contributed by atoms with Crippen LogP contribution in [-0.2, 0) is 0 Å². The quantitative estimate of drug-likeness (QED) is 0.861. The zero-order chi connectivity index (χ0) is 13.1. The monoisotopic (exact) mass is 263 g/mol. The number of nitrogens with zero attached hydrogens (tertiary/aromatic N) is 2. The van der Waals surface area contributed by atoms with Gasteiger partial charge in [-0.15, -0.1) is 0 Å². The van der Waals surface area contributed by atoms with Gasteiger partial charge in [0.1, 0.15) is 6.33 Å². The summed E-state index contributed by atoms with van der Waals surface area (Å²) in [4.78, 5) is 8.00. The summed E-state index contributed by atoms with van der Waals surface area (Å²) in [6, 6.07) is 6.08. The van der Waals surface area contributed by atoms with Crippen LogP contribution in [0.3, 0.4) is 0 Å². The van der Waals surface area contributed by atoms with Crippen molar-refractivity contribution in [1.29, 1.82) is 0 Å². The molecular formula is C13H14ClN3O. The van der Waals surface area contributed by atoms with Crippen molar-refractivity contribution >= 4 is 23.1 Å². The number of halogens is 1. The Morgan fingerprint density at radius 3 is 2.61 bits per heavy atom. The Balaban J connectivity index is 2.34. The van der Waals surface area contributed by atoms with Crippen LogP contribution in [0, 0.1) is 13.8 Å². The summed E-state index contributed by atoms with van der Waals surface area (Å²) in [5, 5.41) is 3.46. The molecule has 1 aromatic heterocycles. The first-order valence-electron chi connectivity index (χ1n) is 5.50. The molecule has 0 amide bonds. The van der Waals surface area contributed by atoms with Crippen molar-refractivity contribution in [2.75, 3.05) is 12.4 Å². The number of hydrogen-bond donors (Lipinski definition) is 1. The molecule has 0 fully saturated rings. The van der Waals surface area contributed by atoms with Crippen molar-refractivity contribution in [3.8, 4) is 5.75 Å². The SMILES string of the molecule is COc1c(Cl)ncnc1Nc1ccc(C)c(C)c1. The van der Waals surface area contributed by atoms with Gasteiger partial charge in [-0.3, -0.25) is 0 Å².